The van der Waals surface area contributed by atoms with Gasteiger partial charge < -0.3 is 10.2 Å². The summed E-state index contributed by atoms with van der Waals surface area (Å²) < 4.78 is 13.3. The van der Waals surface area contributed by atoms with Crippen molar-refractivity contribution in [1.82, 2.24) is 10.2 Å². The van der Waals surface area contributed by atoms with E-state index >= 15 is 0 Å². The van der Waals surface area contributed by atoms with Crippen LogP contribution in [0, 0.1) is 11.8 Å². The molecule has 0 aromatic heterocycles. The first-order valence-electron chi connectivity index (χ1n) is 4.30. The fourth-order valence-corrected chi connectivity index (χ4v) is 2.28. The molecule has 0 bridgehead atoms. The molecule has 3 atom stereocenters. The van der Waals surface area contributed by atoms with Crippen molar-refractivity contribution < 1.29 is 4.39 Å². The molecule has 0 amide bonds. The third-order valence-electron chi connectivity index (χ3n) is 2.89. The second-order valence-corrected chi connectivity index (χ2v) is 3.82. The van der Waals surface area contributed by atoms with Crippen LogP contribution < -0.4 is 5.32 Å². The summed E-state index contributed by atoms with van der Waals surface area (Å²) in [6, 6.07) is 0. The van der Waals surface area contributed by atoms with Gasteiger partial charge in [0.2, 0.25) is 0 Å². The van der Waals surface area contributed by atoms with Gasteiger partial charge in [-0.1, -0.05) is 0 Å². The first-order chi connectivity index (χ1) is 5.27. The van der Waals surface area contributed by atoms with Crippen LogP contribution in [-0.2, 0) is 0 Å². The molecule has 2 saturated heterocycles. The molecule has 2 heterocycles. The molecule has 0 saturated carbocycles. The van der Waals surface area contributed by atoms with Crippen molar-refractivity contribution in [2.24, 2.45) is 11.8 Å². The van der Waals surface area contributed by atoms with Crippen molar-refractivity contribution in [2.45, 2.75) is 6.17 Å². The molecular formula is C8H15FN2. The van der Waals surface area contributed by atoms with Crippen molar-refractivity contribution in [3.8, 4) is 0 Å². The summed E-state index contributed by atoms with van der Waals surface area (Å²) in [5, 5.41) is 3.25. The predicted octanol–water partition coefficient (Wildman–Crippen LogP) is 0.105. The van der Waals surface area contributed by atoms with Gasteiger partial charge in [0.1, 0.15) is 6.17 Å². The van der Waals surface area contributed by atoms with Gasteiger partial charge in [0.25, 0.3) is 0 Å². The normalized spacial score (nSPS) is 45.8. The lowest BCUT2D eigenvalue weighted by Gasteiger charge is -2.34. The fraction of sp³-hybridized carbons (Fsp3) is 1.00. The fourth-order valence-electron chi connectivity index (χ4n) is 2.28. The highest BCUT2D eigenvalue weighted by atomic mass is 19.1. The lowest BCUT2D eigenvalue weighted by molar-refractivity contribution is 0.0780. The largest absolute Gasteiger partial charge is 0.316 e. The number of piperidine rings is 1. The van der Waals surface area contributed by atoms with Gasteiger partial charge in [-0.15, -0.1) is 0 Å². The molecule has 0 spiro atoms. The number of halogens is 1. The molecule has 1 N–H and O–H groups in total. The van der Waals surface area contributed by atoms with Gasteiger partial charge in [0.05, 0.1) is 0 Å². The zero-order chi connectivity index (χ0) is 7.84. The maximum atomic E-state index is 13.3. The van der Waals surface area contributed by atoms with E-state index < -0.39 is 6.17 Å². The van der Waals surface area contributed by atoms with Crippen LogP contribution in [0.3, 0.4) is 0 Å². The average molecular weight is 158 g/mol. The highest BCUT2D eigenvalue weighted by molar-refractivity contribution is 4.92. The molecule has 11 heavy (non-hydrogen) atoms. The molecule has 2 aliphatic rings. The van der Waals surface area contributed by atoms with Crippen molar-refractivity contribution in [2.75, 3.05) is 33.2 Å². The monoisotopic (exact) mass is 158 g/mol. The summed E-state index contributed by atoms with van der Waals surface area (Å²) >= 11 is 0. The van der Waals surface area contributed by atoms with Crippen LogP contribution in [0.15, 0.2) is 0 Å². The van der Waals surface area contributed by atoms with Gasteiger partial charge in [0, 0.05) is 25.6 Å². The minimum absolute atomic E-state index is 0.297. The Balaban J connectivity index is 2.04. The zero-order valence-electron chi connectivity index (χ0n) is 6.89. The molecule has 0 aromatic carbocycles. The Morgan fingerprint density at radius 3 is 3.00 bits per heavy atom. The Bertz CT molecular complexity index is 151. The lowest BCUT2D eigenvalue weighted by Crippen LogP contribution is -2.45. The second-order valence-electron chi connectivity index (χ2n) is 3.82. The Morgan fingerprint density at radius 2 is 2.18 bits per heavy atom. The molecule has 0 aromatic rings. The Labute approximate surface area is 66.8 Å². The van der Waals surface area contributed by atoms with E-state index in [1.165, 1.54) is 0 Å². The number of nitrogens with zero attached hydrogens (tertiary/aromatic N) is 1. The highest BCUT2D eigenvalue weighted by Crippen LogP contribution is 2.27. The lowest BCUT2D eigenvalue weighted by atomic mass is 9.87. The highest BCUT2D eigenvalue weighted by Gasteiger charge is 2.38. The standard InChI is InChI=1S/C8H15FN2/c1-11-4-6-2-10-3-7(6)8(9)5-11/h6-8,10H,2-5H2,1H3/t6-,7-,8?/m0/s1. The van der Waals surface area contributed by atoms with E-state index in [2.05, 4.69) is 10.2 Å². The molecule has 64 valence electrons. The van der Waals surface area contributed by atoms with Gasteiger partial charge in [0.15, 0.2) is 0 Å². The number of hydrogen-bond acceptors (Lipinski definition) is 2. The van der Waals surface area contributed by atoms with Crippen molar-refractivity contribution in [1.29, 1.82) is 0 Å². The molecule has 0 radical (unpaired) electrons. The van der Waals surface area contributed by atoms with Crippen LogP contribution in [-0.4, -0.2) is 44.3 Å². The number of nitrogens with one attached hydrogen (secondary N) is 1. The third-order valence-corrected chi connectivity index (χ3v) is 2.89. The van der Waals surface area contributed by atoms with E-state index in [-0.39, 0.29) is 0 Å². The van der Waals surface area contributed by atoms with Crippen molar-refractivity contribution in [3.63, 3.8) is 0 Å². The van der Waals surface area contributed by atoms with Crippen molar-refractivity contribution >= 4 is 0 Å². The molecule has 2 nitrogen and oxygen atoms in total. The number of fused-ring (bicyclic) bond motifs is 1. The quantitative estimate of drug-likeness (QED) is 0.538. The maximum absolute atomic E-state index is 13.3. The molecular weight excluding hydrogens is 143 g/mol. The Morgan fingerprint density at radius 1 is 1.36 bits per heavy atom. The van der Waals surface area contributed by atoms with Gasteiger partial charge in [-0.05, 0) is 19.5 Å². The molecule has 0 aliphatic carbocycles. The Kier molecular flexibility index (Phi) is 1.85. The van der Waals surface area contributed by atoms with E-state index in [1.807, 2.05) is 7.05 Å². The summed E-state index contributed by atoms with van der Waals surface area (Å²) in [5.74, 6) is 0.856. The van der Waals surface area contributed by atoms with Crippen LogP contribution >= 0.6 is 0 Å². The topological polar surface area (TPSA) is 15.3 Å². The molecule has 1 unspecified atom stereocenters. The minimum Gasteiger partial charge on any atom is -0.316 e. The first-order valence-corrected chi connectivity index (χ1v) is 4.30. The van der Waals surface area contributed by atoms with E-state index in [1.54, 1.807) is 0 Å². The number of hydrogen-bond donors (Lipinski definition) is 1. The van der Waals surface area contributed by atoms with Gasteiger partial charge in [-0.25, -0.2) is 4.39 Å². The average Bonchev–Trinajstić information content (AvgIpc) is 2.34. The summed E-state index contributed by atoms with van der Waals surface area (Å²) in [7, 11) is 2.00. The number of rotatable bonds is 0. The third kappa shape index (κ3) is 1.27. The Hall–Kier alpha value is -0.150. The van der Waals surface area contributed by atoms with Gasteiger partial charge >= 0.3 is 0 Å². The SMILES string of the molecule is CN1CC(F)[C@H]2CNC[C@H]2C1. The van der Waals surface area contributed by atoms with Crippen LogP contribution in [0.5, 0.6) is 0 Å². The van der Waals surface area contributed by atoms with E-state index in [4.69, 9.17) is 0 Å². The zero-order valence-corrected chi connectivity index (χ0v) is 6.89. The minimum atomic E-state index is -0.603. The predicted molar refractivity (Wildman–Crippen MR) is 42.2 cm³/mol. The van der Waals surface area contributed by atoms with Crippen LogP contribution in [0.2, 0.25) is 0 Å². The van der Waals surface area contributed by atoms with E-state index in [0.717, 1.165) is 19.6 Å². The van der Waals surface area contributed by atoms with E-state index in [0.29, 0.717) is 18.4 Å². The van der Waals surface area contributed by atoms with Gasteiger partial charge in [-0.2, -0.15) is 0 Å². The molecule has 2 fully saturated rings. The summed E-state index contributed by atoms with van der Waals surface area (Å²) in [4.78, 5) is 2.10. The van der Waals surface area contributed by atoms with Crippen LogP contribution in [0.25, 0.3) is 0 Å². The molecule has 2 rings (SSSR count). The summed E-state index contributed by atoms with van der Waals surface area (Å²) in [5.41, 5.74) is 0. The molecule has 3 heteroatoms. The van der Waals surface area contributed by atoms with Crippen molar-refractivity contribution in [3.05, 3.63) is 0 Å². The number of likely N-dealkylation sites (tertiary alicyclic amines) is 1. The summed E-state index contributed by atoms with van der Waals surface area (Å²) in [6.07, 6.45) is -0.603. The first kappa shape index (κ1) is 7.50. The number of alkyl halides is 1. The summed E-state index contributed by atoms with van der Waals surface area (Å²) in [6.45, 7) is 3.59. The maximum Gasteiger partial charge on any atom is 0.117 e. The van der Waals surface area contributed by atoms with Gasteiger partial charge in [-0.3, -0.25) is 0 Å². The van der Waals surface area contributed by atoms with Crippen LogP contribution in [0.4, 0.5) is 4.39 Å². The second kappa shape index (κ2) is 2.72. The van der Waals surface area contributed by atoms with Crippen LogP contribution in [0.1, 0.15) is 0 Å². The smallest absolute Gasteiger partial charge is 0.117 e. The molecule has 2 aliphatic heterocycles. The van der Waals surface area contributed by atoms with E-state index in [9.17, 15) is 4.39 Å².